The summed E-state index contributed by atoms with van der Waals surface area (Å²) in [6, 6.07) is 6.58. The fourth-order valence-electron chi connectivity index (χ4n) is 2.69. The number of nitrogens with zero attached hydrogens (tertiary/aromatic N) is 4. The van der Waals surface area contributed by atoms with E-state index in [4.69, 9.17) is 0 Å². The Kier molecular flexibility index (Phi) is 4.22. The van der Waals surface area contributed by atoms with Gasteiger partial charge in [0.15, 0.2) is 0 Å². The molecule has 4 rings (SSSR count). The molecule has 6 nitrogen and oxygen atoms in total. The Labute approximate surface area is 147 Å². The first kappa shape index (κ1) is 16.1. The van der Waals surface area contributed by atoms with Crippen LogP contribution in [0.2, 0.25) is 0 Å². The maximum Gasteiger partial charge on any atom is 0.218 e. The smallest absolute Gasteiger partial charge is 0.218 e. The van der Waals surface area contributed by atoms with Crippen molar-refractivity contribution in [3.05, 3.63) is 77.8 Å². The summed E-state index contributed by atoms with van der Waals surface area (Å²) in [5, 5.41) is 3.75. The Morgan fingerprint density at radius 2 is 1.92 bits per heavy atom. The lowest BCUT2D eigenvalue weighted by molar-refractivity contribution is 0.566. The van der Waals surface area contributed by atoms with Crippen molar-refractivity contribution in [3.63, 3.8) is 0 Å². The maximum atomic E-state index is 14.4. The fourth-order valence-corrected chi connectivity index (χ4v) is 2.69. The number of nitrogens with one attached hydrogen (secondary N) is 2. The second-order valence-corrected chi connectivity index (χ2v) is 5.73. The predicted molar refractivity (Wildman–Crippen MR) is 92.4 cm³/mol. The van der Waals surface area contributed by atoms with Crippen molar-refractivity contribution in [3.8, 4) is 0 Å². The first-order chi connectivity index (χ1) is 12.7. The SMILES string of the molecule is Fc1ncccc1CNc1ccc(Cc2c[nH]c3ncncc23)c(F)n1. The van der Waals surface area contributed by atoms with Crippen LogP contribution in [0.1, 0.15) is 16.7 Å². The molecule has 0 unspecified atom stereocenters. The van der Waals surface area contributed by atoms with Crippen molar-refractivity contribution >= 4 is 16.9 Å². The molecule has 0 aliphatic carbocycles. The summed E-state index contributed by atoms with van der Waals surface area (Å²) in [6.45, 7) is 0.172. The molecule has 0 atom stereocenters. The molecule has 0 saturated carbocycles. The van der Waals surface area contributed by atoms with Crippen LogP contribution in [0.5, 0.6) is 0 Å². The second-order valence-electron chi connectivity index (χ2n) is 5.73. The Morgan fingerprint density at radius 1 is 1.00 bits per heavy atom. The van der Waals surface area contributed by atoms with E-state index >= 15 is 0 Å². The van der Waals surface area contributed by atoms with Crippen molar-refractivity contribution in [2.24, 2.45) is 0 Å². The van der Waals surface area contributed by atoms with Crippen molar-refractivity contribution < 1.29 is 8.78 Å². The number of aromatic amines is 1. The zero-order valence-corrected chi connectivity index (χ0v) is 13.6. The van der Waals surface area contributed by atoms with Crippen LogP contribution >= 0.6 is 0 Å². The third-order valence-corrected chi connectivity index (χ3v) is 4.04. The van der Waals surface area contributed by atoms with E-state index in [0.29, 0.717) is 29.0 Å². The molecule has 0 bridgehead atoms. The van der Waals surface area contributed by atoms with Gasteiger partial charge in [-0.05, 0) is 17.7 Å². The highest BCUT2D eigenvalue weighted by Crippen LogP contribution is 2.20. The van der Waals surface area contributed by atoms with Gasteiger partial charge in [-0.25, -0.2) is 19.9 Å². The molecule has 0 spiro atoms. The van der Waals surface area contributed by atoms with Crippen LogP contribution in [0.25, 0.3) is 11.0 Å². The Hall–Kier alpha value is -3.42. The van der Waals surface area contributed by atoms with Crippen molar-refractivity contribution in [2.45, 2.75) is 13.0 Å². The molecule has 0 saturated heterocycles. The van der Waals surface area contributed by atoms with Crippen LogP contribution < -0.4 is 5.32 Å². The van der Waals surface area contributed by atoms with Crippen LogP contribution in [-0.4, -0.2) is 24.9 Å². The minimum atomic E-state index is -0.576. The van der Waals surface area contributed by atoms with Gasteiger partial charge in [0.2, 0.25) is 11.9 Å². The molecule has 0 fully saturated rings. The number of fused-ring (bicyclic) bond motifs is 1. The number of pyridine rings is 2. The summed E-state index contributed by atoms with van der Waals surface area (Å²) in [7, 11) is 0. The summed E-state index contributed by atoms with van der Waals surface area (Å²) in [6.07, 6.45) is 6.68. The topological polar surface area (TPSA) is 79.4 Å². The van der Waals surface area contributed by atoms with Crippen LogP contribution in [0.3, 0.4) is 0 Å². The Balaban J connectivity index is 1.50. The molecule has 0 amide bonds. The van der Waals surface area contributed by atoms with Gasteiger partial charge in [-0.1, -0.05) is 12.1 Å². The molecule has 0 aliphatic rings. The largest absolute Gasteiger partial charge is 0.366 e. The highest BCUT2D eigenvalue weighted by atomic mass is 19.1. The number of H-pyrrole nitrogens is 1. The van der Waals surface area contributed by atoms with Gasteiger partial charge in [-0.2, -0.15) is 8.78 Å². The van der Waals surface area contributed by atoms with Crippen LogP contribution in [0.15, 0.2) is 49.2 Å². The molecule has 26 heavy (non-hydrogen) atoms. The average Bonchev–Trinajstić information content (AvgIpc) is 3.06. The predicted octanol–water partition coefficient (Wildman–Crippen LogP) is 3.23. The standard InChI is InChI=1S/C18H14F2N6/c19-16-12(2-1-5-22-16)7-23-15-4-3-11(17(20)26-15)6-13-8-24-18-14(13)9-21-10-25-18/h1-5,8-10H,6-7H2,(H,23,26)(H,21,24,25). The minimum absolute atomic E-state index is 0.172. The molecule has 0 aromatic carbocycles. The summed E-state index contributed by atoms with van der Waals surface area (Å²) < 4.78 is 27.9. The summed E-state index contributed by atoms with van der Waals surface area (Å²) in [4.78, 5) is 18.6. The lowest BCUT2D eigenvalue weighted by Crippen LogP contribution is -2.06. The van der Waals surface area contributed by atoms with E-state index in [1.165, 1.54) is 12.5 Å². The van der Waals surface area contributed by atoms with E-state index in [0.717, 1.165) is 10.9 Å². The molecule has 4 aromatic rings. The van der Waals surface area contributed by atoms with E-state index in [1.54, 1.807) is 36.7 Å². The van der Waals surface area contributed by atoms with Gasteiger partial charge in [0.25, 0.3) is 0 Å². The minimum Gasteiger partial charge on any atom is -0.366 e. The van der Waals surface area contributed by atoms with Crippen LogP contribution in [0, 0.1) is 11.9 Å². The summed E-state index contributed by atoms with van der Waals surface area (Å²) >= 11 is 0. The molecule has 2 N–H and O–H groups in total. The second kappa shape index (κ2) is 6.83. The van der Waals surface area contributed by atoms with Gasteiger partial charge >= 0.3 is 0 Å². The van der Waals surface area contributed by atoms with E-state index in [2.05, 4.69) is 30.2 Å². The van der Waals surface area contributed by atoms with Crippen molar-refractivity contribution in [1.29, 1.82) is 0 Å². The zero-order valence-electron chi connectivity index (χ0n) is 13.6. The summed E-state index contributed by atoms with van der Waals surface area (Å²) in [5.74, 6) is -0.803. The van der Waals surface area contributed by atoms with E-state index < -0.39 is 11.9 Å². The molecule has 8 heteroatoms. The quantitative estimate of drug-likeness (QED) is 0.539. The number of hydrogen-bond donors (Lipinski definition) is 2. The summed E-state index contributed by atoms with van der Waals surface area (Å²) in [5.41, 5.74) is 2.44. The van der Waals surface area contributed by atoms with E-state index in [-0.39, 0.29) is 6.54 Å². The number of hydrogen-bond acceptors (Lipinski definition) is 5. The normalized spacial score (nSPS) is 11.0. The number of rotatable bonds is 5. The van der Waals surface area contributed by atoms with E-state index in [9.17, 15) is 8.78 Å². The zero-order chi connectivity index (χ0) is 17.9. The third kappa shape index (κ3) is 3.21. The Bertz CT molecular complexity index is 1060. The van der Waals surface area contributed by atoms with Crippen molar-refractivity contribution in [1.82, 2.24) is 24.9 Å². The highest BCUT2D eigenvalue weighted by Gasteiger charge is 2.11. The van der Waals surface area contributed by atoms with Gasteiger partial charge in [-0.3, -0.25) is 0 Å². The molecule has 4 aromatic heterocycles. The average molecular weight is 352 g/mol. The number of aromatic nitrogens is 5. The van der Waals surface area contributed by atoms with E-state index in [1.807, 2.05) is 0 Å². The molecule has 130 valence electrons. The molecule has 0 radical (unpaired) electrons. The lowest BCUT2D eigenvalue weighted by atomic mass is 10.1. The van der Waals surface area contributed by atoms with Crippen molar-refractivity contribution in [2.75, 3.05) is 5.32 Å². The first-order valence-corrected chi connectivity index (χ1v) is 7.95. The van der Waals surface area contributed by atoms with Gasteiger partial charge in [0.1, 0.15) is 17.8 Å². The lowest BCUT2D eigenvalue weighted by Gasteiger charge is -2.08. The highest BCUT2D eigenvalue weighted by molar-refractivity contribution is 5.78. The maximum absolute atomic E-state index is 14.4. The van der Waals surface area contributed by atoms with Gasteiger partial charge in [0, 0.05) is 48.1 Å². The van der Waals surface area contributed by atoms with Gasteiger partial charge < -0.3 is 10.3 Å². The molecular formula is C18H14F2N6. The number of anilines is 1. The first-order valence-electron chi connectivity index (χ1n) is 7.95. The monoisotopic (exact) mass is 352 g/mol. The number of halogens is 2. The van der Waals surface area contributed by atoms with Gasteiger partial charge in [-0.15, -0.1) is 0 Å². The fraction of sp³-hybridized carbons (Fsp3) is 0.111. The van der Waals surface area contributed by atoms with Crippen LogP contribution in [0.4, 0.5) is 14.6 Å². The molecular weight excluding hydrogens is 338 g/mol. The Morgan fingerprint density at radius 3 is 2.77 bits per heavy atom. The van der Waals surface area contributed by atoms with Gasteiger partial charge in [0.05, 0.1) is 0 Å². The van der Waals surface area contributed by atoms with Crippen LogP contribution in [-0.2, 0) is 13.0 Å². The third-order valence-electron chi connectivity index (χ3n) is 4.04. The molecule has 4 heterocycles. The molecule has 0 aliphatic heterocycles.